The summed E-state index contributed by atoms with van der Waals surface area (Å²) in [6.45, 7) is 1.83. The van der Waals surface area contributed by atoms with Gasteiger partial charge in [-0.1, -0.05) is 29.8 Å². The molecule has 0 bridgehead atoms. The molecule has 1 heterocycles. The number of nitrogens with one attached hydrogen (secondary N) is 1. The monoisotopic (exact) mass is 275 g/mol. The molecule has 0 saturated heterocycles. The quantitative estimate of drug-likeness (QED) is 0.668. The van der Waals surface area contributed by atoms with Crippen LogP contribution in [-0.4, -0.2) is 10.9 Å². The zero-order chi connectivity index (χ0) is 13.8. The van der Waals surface area contributed by atoms with Crippen LogP contribution in [0, 0.1) is 6.92 Å². The van der Waals surface area contributed by atoms with Gasteiger partial charge in [0, 0.05) is 5.69 Å². The highest BCUT2D eigenvalue weighted by Gasteiger charge is 2.07. The van der Waals surface area contributed by atoms with E-state index in [1.165, 1.54) is 6.20 Å². The fourth-order valence-corrected chi connectivity index (χ4v) is 1.80. The van der Waals surface area contributed by atoms with Gasteiger partial charge in [-0.25, -0.2) is 4.98 Å². The molecule has 2 aromatic rings. The van der Waals surface area contributed by atoms with Crippen LogP contribution in [0.4, 0.5) is 11.4 Å². The molecule has 19 heavy (non-hydrogen) atoms. The maximum Gasteiger partial charge on any atom is 0.228 e. The van der Waals surface area contributed by atoms with Gasteiger partial charge >= 0.3 is 0 Å². The van der Waals surface area contributed by atoms with Crippen molar-refractivity contribution in [2.75, 3.05) is 11.1 Å². The lowest BCUT2D eigenvalue weighted by Gasteiger charge is -2.08. The predicted octanol–water partition coefficient (Wildman–Crippen LogP) is 2.81. The zero-order valence-electron chi connectivity index (χ0n) is 10.5. The van der Waals surface area contributed by atoms with E-state index in [4.69, 9.17) is 17.3 Å². The zero-order valence-corrected chi connectivity index (χ0v) is 11.2. The highest BCUT2D eigenvalue weighted by atomic mass is 35.5. The number of hydrogen-bond donors (Lipinski definition) is 2. The maximum atomic E-state index is 11.9. The van der Waals surface area contributed by atoms with Crippen LogP contribution in [0.3, 0.4) is 0 Å². The second-order valence-electron chi connectivity index (χ2n) is 4.26. The van der Waals surface area contributed by atoms with Crippen LogP contribution < -0.4 is 11.1 Å². The number of aromatic nitrogens is 1. The Morgan fingerprint density at radius 3 is 2.84 bits per heavy atom. The Bertz CT molecular complexity index is 613. The summed E-state index contributed by atoms with van der Waals surface area (Å²) < 4.78 is 0. The van der Waals surface area contributed by atoms with Gasteiger partial charge in [0.2, 0.25) is 5.91 Å². The van der Waals surface area contributed by atoms with Gasteiger partial charge in [0.25, 0.3) is 0 Å². The number of pyridine rings is 1. The second-order valence-corrected chi connectivity index (χ2v) is 4.61. The number of aryl methyl sites for hydroxylation is 1. The molecule has 98 valence electrons. The van der Waals surface area contributed by atoms with Crippen molar-refractivity contribution in [1.29, 1.82) is 0 Å². The number of nitrogen functional groups attached to an aromatic ring is 1. The molecule has 1 aromatic carbocycles. The molecule has 0 atom stereocenters. The predicted molar refractivity (Wildman–Crippen MR) is 77.2 cm³/mol. The number of nitrogens with two attached hydrogens (primary N) is 1. The Balaban J connectivity index is 2.05. The number of carbonyl (C=O) groups excluding carboxylic acids is 1. The van der Waals surface area contributed by atoms with Crippen molar-refractivity contribution in [3.05, 3.63) is 52.8 Å². The molecule has 3 N–H and O–H groups in total. The van der Waals surface area contributed by atoms with Crippen molar-refractivity contribution in [3.63, 3.8) is 0 Å². The normalized spacial score (nSPS) is 10.2. The van der Waals surface area contributed by atoms with Gasteiger partial charge in [-0.2, -0.15) is 0 Å². The first-order valence-corrected chi connectivity index (χ1v) is 6.19. The van der Waals surface area contributed by atoms with Crippen molar-refractivity contribution in [3.8, 4) is 0 Å². The molecule has 0 aliphatic heterocycles. The lowest BCUT2D eigenvalue weighted by molar-refractivity contribution is -0.115. The maximum absolute atomic E-state index is 11.9. The second kappa shape index (κ2) is 5.71. The standard InChI is InChI=1S/C14H14ClN3O/c1-9-6-11(8-17-14(9)15)18-13(19)7-10-4-2-3-5-12(10)16/h2-6,8H,7,16H2,1H3,(H,18,19). The van der Waals surface area contributed by atoms with E-state index in [9.17, 15) is 4.79 Å². The molecule has 0 unspecified atom stereocenters. The van der Waals surface area contributed by atoms with Crippen molar-refractivity contribution in [2.24, 2.45) is 0 Å². The number of amides is 1. The first-order valence-electron chi connectivity index (χ1n) is 5.81. The summed E-state index contributed by atoms with van der Waals surface area (Å²) in [5, 5.41) is 3.21. The smallest absolute Gasteiger partial charge is 0.228 e. The van der Waals surface area contributed by atoms with E-state index < -0.39 is 0 Å². The third-order valence-electron chi connectivity index (χ3n) is 2.70. The van der Waals surface area contributed by atoms with Crippen molar-refractivity contribution >= 4 is 28.9 Å². The lowest BCUT2D eigenvalue weighted by Crippen LogP contribution is -2.15. The van der Waals surface area contributed by atoms with Crippen molar-refractivity contribution < 1.29 is 4.79 Å². The summed E-state index contributed by atoms with van der Waals surface area (Å²) in [6.07, 6.45) is 1.76. The van der Waals surface area contributed by atoms with Crippen LogP contribution in [0.25, 0.3) is 0 Å². The van der Waals surface area contributed by atoms with Gasteiger partial charge in [-0.05, 0) is 30.2 Å². The summed E-state index contributed by atoms with van der Waals surface area (Å²) in [6, 6.07) is 9.08. The average molecular weight is 276 g/mol. The van der Waals surface area contributed by atoms with Crippen LogP contribution in [-0.2, 0) is 11.2 Å². The Labute approximate surface area is 116 Å². The summed E-state index contributed by atoms with van der Waals surface area (Å²) >= 11 is 5.83. The molecular formula is C14H14ClN3O. The van der Waals surface area contributed by atoms with Crippen LogP contribution in [0.1, 0.15) is 11.1 Å². The molecule has 0 aliphatic rings. The van der Waals surface area contributed by atoms with Crippen molar-refractivity contribution in [1.82, 2.24) is 4.98 Å². The number of rotatable bonds is 3. The first-order chi connectivity index (χ1) is 9.06. The summed E-state index contributed by atoms with van der Waals surface area (Å²) in [5.74, 6) is -0.138. The van der Waals surface area contributed by atoms with E-state index in [-0.39, 0.29) is 12.3 Å². The van der Waals surface area contributed by atoms with Crippen LogP contribution in [0.2, 0.25) is 5.15 Å². The van der Waals surface area contributed by atoms with E-state index in [1.807, 2.05) is 25.1 Å². The van der Waals surface area contributed by atoms with Gasteiger partial charge in [-0.15, -0.1) is 0 Å². The third-order valence-corrected chi connectivity index (χ3v) is 3.10. The molecule has 5 heteroatoms. The fraction of sp³-hybridized carbons (Fsp3) is 0.143. The highest BCUT2D eigenvalue weighted by Crippen LogP contribution is 2.17. The van der Waals surface area contributed by atoms with Gasteiger partial charge in [0.05, 0.1) is 18.3 Å². The molecule has 1 amide bonds. The van der Waals surface area contributed by atoms with E-state index in [0.717, 1.165) is 11.1 Å². The van der Waals surface area contributed by atoms with Gasteiger partial charge in [0.1, 0.15) is 5.15 Å². The number of halogens is 1. The Morgan fingerprint density at radius 1 is 1.42 bits per heavy atom. The highest BCUT2D eigenvalue weighted by molar-refractivity contribution is 6.30. The Hall–Kier alpha value is -2.07. The molecular weight excluding hydrogens is 262 g/mol. The molecule has 2 rings (SSSR count). The average Bonchev–Trinajstić information content (AvgIpc) is 2.37. The summed E-state index contributed by atoms with van der Waals surface area (Å²) in [4.78, 5) is 15.9. The van der Waals surface area contributed by atoms with Gasteiger partial charge in [-0.3, -0.25) is 4.79 Å². The van der Waals surface area contributed by atoms with E-state index in [0.29, 0.717) is 16.5 Å². The fourth-order valence-electron chi connectivity index (χ4n) is 1.70. The first kappa shape index (κ1) is 13.4. The molecule has 0 spiro atoms. The third kappa shape index (κ3) is 3.45. The van der Waals surface area contributed by atoms with E-state index in [1.54, 1.807) is 12.1 Å². The molecule has 0 aliphatic carbocycles. The molecule has 4 nitrogen and oxygen atoms in total. The SMILES string of the molecule is Cc1cc(NC(=O)Cc2ccccc2N)cnc1Cl. The summed E-state index contributed by atoms with van der Waals surface area (Å²) in [7, 11) is 0. The minimum Gasteiger partial charge on any atom is -0.398 e. The van der Waals surface area contributed by atoms with Crippen LogP contribution in [0.15, 0.2) is 36.5 Å². The largest absolute Gasteiger partial charge is 0.398 e. The lowest BCUT2D eigenvalue weighted by atomic mass is 10.1. The minimum absolute atomic E-state index is 0.138. The van der Waals surface area contributed by atoms with Crippen LogP contribution in [0.5, 0.6) is 0 Å². The molecule has 0 fully saturated rings. The Morgan fingerprint density at radius 2 is 2.16 bits per heavy atom. The molecule has 0 saturated carbocycles. The van der Waals surface area contributed by atoms with Crippen LogP contribution >= 0.6 is 11.6 Å². The molecule has 1 aromatic heterocycles. The minimum atomic E-state index is -0.138. The molecule has 0 radical (unpaired) electrons. The number of carbonyl (C=O) groups is 1. The number of para-hydroxylation sites is 1. The number of hydrogen-bond acceptors (Lipinski definition) is 3. The number of nitrogens with zero attached hydrogens (tertiary/aromatic N) is 1. The van der Waals surface area contributed by atoms with E-state index in [2.05, 4.69) is 10.3 Å². The summed E-state index contributed by atoms with van der Waals surface area (Å²) in [5.41, 5.74) is 8.66. The number of anilines is 2. The topological polar surface area (TPSA) is 68.0 Å². The Kier molecular flexibility index (Phi) is 4.02. The number of benzene rings is 1. The van der Waals surface area contributed by atoms with Gasteiger partial charge < -0.3 is 11.1 Å². The van der Waals surface area contributed by atoms with E-state index >= 15 is 0 Å². The van der Waals surface area contributed by atoms with Gasteiger partial charge in [0.15, 0.2) is 0 Å². The van der Waals surface area contributed by atoms with Crippen molar-refractivity contribution in [2.45, 2.75) is 13.3 Å².